The van der Waals surface area contributed by atoms with Crippen LogP contribution in [0.25, 0.3) is 10.9 Å². The fraction of sp³-hybridized carbons (Fsp3) is 0.500. The minimum atomic E-state index is -0.488. The third-order valence-corrected chi connectivity index (χ3v) is 5.26. The summed E-state index contributed by atoms with van der Waals surface area (Å²) in [5, 5.41) is 1.54. The largest absolute Gasteiger partial charge is 0.444 e. The van der Waals surface area contributed by atoms with Gasteiger partial charge in [0.15, 0.2) is 0 Å². The molecule has 2 heterocycles. The first-order chi connectivity index (χ1) is 12.1. The second-order valence-electron chi connectivity index (χ2n) is 7.33. The predicted molar refractivity (Wildman–Crippen MR) is 107 cm³/mol. The van der Waals surface area contributed by atoms with Gasteiger partial charge >= 0.3 is 6.09 Å². The van der Waals surface area contributed by atoms with Crippen molar-refractivity contribution < 1.29 is 9.53 Å². The Kier molecular flexibility index (Phi) is 5.30. The molecule has 0 spiro atoms. The van der Waals surface area contributed by atoms with Gasteiger partial charge in [0.25, 0.3) is 0 Å². The van der Waals surface area contributed by atoms with Gasteiger partial charge in [-0.15, -0.1) is 0 Å². The van der Waals surface area contributed by atoms with Crippen LogP contribution in [0.5, 0.6) is 0 Å². The van der Waals surface area contributed by atoms with E-state index in [1.54, 1.807) is 4.90 Å². The van der Waals surface area contributed by atoms with Crippen LogP contribution in [0.2, 0.25) is 5.02 Å². The van der Waals surface area contributed by atoms with Gasteiger partial charge in [-0.3, -0.25) is 0 Å². The molecule has 2 aromatic rings. The molecule has 6 nitrogen and oxygen atoms in total. The number of rotatable bonds is 1. The molecule has 1 fully saturated rings. The summed E-state index contributed by atoms with van der Waals surface area (Å²) in [5.74, 6) is 1.56. The van der Waals surface area contributed by atoms with E-state index in [2.05, 4.69) is 30.8 Å². The highest BCUT2D eigenvalue weighted by atomic mass is 79.9. The summed E-state index contributed by atoms with van der Waals surface area (Å²) in [6.45, 7) is 10.0. The second kappa shape index (κ2) is 7.19. The van der Waals surface area contributed by atoms with E-state index in [1.807, 2.05) is 39.8 Å². The predicted octanol–water partition coefficient (Wildman–Crippen LogP) is 4.41. The molecular weight excluding hydrogens is 420 g/mol. The van der Waals surface area contributed by atoms with Gasteiger partial charge in [0.05, 0.1) is 10.5 Å². The zero-order valence-electron chi connectivity index (χ0n) is 15.3. The number of fused-ring (bicyclic) bond motifs is 1. The summed E-state index contributed by atoms with van der Waals surface area (Å²) in [6.07, 6.45) is -0.271. The van der Waals surface area contributed by atoms with Gasteiger partial charge in [-0.2, -0.15) is 0 Å². The fourth-order valence-electron chi connectivity index (χ4n) is 2.89. The number of benzene rings is 1. The van der Waals surface area contributed by atoms with E-state index in [0.29, 0.717) is 37.0 Å². The van der Waals surface area contributed by atoms with E-state index >= 15 is 0 Å². The highest BCUT2D eigenvalue weighted by molar-refractivity contribution is 9.10. The number of aryl methyl sites for hydroxylation is 1. The molecule has 0 radical (unpaired) electrons. The summed E-state index contributed by atoms with van der Waals surface area (Å²) in [7, 11) is 0. The van der Waals surface area contributed by atoms with Crippen LogP contribution in [0.15, 0.2) is 16.6 Å². The van der Waals surface area contributed by atoms with Crippen molar-refractivity contribution >= 4 is 50.3 Å². The first kappa shape index (κ1) is 19.2. The van der Waals surface area contributed by atoms with E-state index in [1.165, 1.54) is 0 Å². The first-order valence-electron chi connectivity index (χ1n) is 8.50. The number of hydrogen-bond acceptors (Lipinski definition) is 5. The van der Waals surface area contributed by atoms with E-state index in [0.717, 1.165) is 21.2 Å². The molecule has 0 unspecified atom stereocenters. The van der Waals surface area contributed by atoms with Gasteiger partial charge in [0.2, 0.25) is 0 Å². The Morgan fingerprint density at radius 3 is 2.46 bits per heavy atom. The molecule has 0 N–H and O–H groups in total. The normalized spacial score (nSPS) is 15.5. The van der Waals surface area contributed by atoms with Crippen molar-refractivity contribution in [2.45, 2.75) is 33.3 Å². The Morgan fingerprint density at radius 1 is 1.19 bits per heavy atom. The van der Waals surface area contributed by atoms with Crippen molar-refractivity contribution in [3.63, 3.8) is 0 Å². The molecule has 0 aliphatic carbocycles. The fourth-order valence-corrected chi connectivity index (χ4v) is 3.38. The molecule has 3 rings (SSSR count). The summed E-state index contributed by atoms with van der Waals surface area (Å²) in [4.78, 5) is 25.3. The summed E-state index contributed by atoms with van der Waals surface area (Å²) in [6, 6.07) is 3.79. The van der Waals surface area contributed by atoms with Gasteiger partial charge in [0, 0.05) is 36.0 Å². The van der Waals surface area contributed by atoms with Gasteiger partial charge < -0.3 is 14.5 Å². The van der Waals surface area contributed by atoms with Crippen LogP contribution in [0, 0.1) is 6.92 Å². The highest BCUT2D eigenvalue weighted by Gasteiger charge is 2.27. The molecule has 1 aromatic carbocycles. The van der Waals surface area contributed by atoms with E-state index in [4.69, 9.17) is 16.3 Å². The molecule has 140 valence electrons. The minimum Gasteiger partial charge on any atom is -0.444 e. The molecule has 0 bridgehead atoms. The maximum Gasteiger partial charge on any atom is 0.410 e. The van der Waals surface area contributed by atoms with Crippen LogP contribution in [-0.2, 0) is 4.74 Å². The topological polar surface area (TPSA) is 58.6 Å². The average molecular weight is 442 g/mol. The molecule has 1 aliphatic heterocycles. The van der Waals surface area contributed by atoms with Crippen molar-refractivity contribution in [1.29, 1.82) is 0 Å². The minimum absolute atomic E-state index is 0.271. The molecule has 1 amide bonds. The van der Waals surface area contributed by atoms with Crippen molar-refractivity contribution in [1.82, 2.24) is 14.9 Å². The summed E-state index contributed by atoms with van der Waals surface area (Å²) < 4.78 is 6.27. The summed E-state index contributed by atoms with van der Waals surface area (Å²) >= 11 is 9.72. The van der Waals surface area contributed by atoms with Crippen LogP contribution in [0.4, 0.5) is 10.6 Å². The molecule has 26 heavy (non-hydrogen) atoms. The smallest absolute Gasteiger partial charge is 0.410 e. The molecule has 1 saturated heterocycles. The Bertz CT molecular complexity index is 845. The third kappa shape index (κ3) is 4.20. The lowest BCUT2D eigenvalue weighted by Crippen LogP contribution is -2.50. The number of carbonyl (C=O) groups excluding carboxylic acids is 1. The number of halogens is 2. The first-order valence-corrected chi connectivity index (χ1v) is 9.67. The Hall–Kier alpha value is -1.60. The number of amides is 1. The highest BCUT2D eigenvalue weighted by Crippen LogP contribution is 2.32. The molecule has 8 heteroatoms. The lowest BCUT2D eigenvalue weighted by atomic mass is 10.2. The number of piperazine rings is 1. The van der Waals surface area contributed by atoms with Gasteiger partial charge in [0.1, 0.15) is 17.2 Å². The van der Waals surface area contributed by atoms with Crippen LogP contribution in [0.3, 0.4) is 0 Å². The summed E-state index contributed by atoms with van der Waals surface area (Å²) in [5.41, 5.74) is 0.358. The lowest BCUT2D eigenvalue weighted by Gasteiger charge is -2.36. The zero-order chi connectivity index (χ0) is 19.1. The molecule has 1 aromatic heterocycles. The van der Waals surface area contributed by atoms with Crippen LogP contribution in [-0.4, -0.2) is 52.7 Å². The Labute approximate surface area is 166 Å². The van der Waals surface area contributed by atoms with Crippen molar-refractivity contribution in [2.24, 2.45) is 0 Å². The van der Waals surface area contributed by atoms with Crippen LogP contribution in [0.1, 0.15) is 26.6 Å². The van der Waals surface area contributed by atoms with Gasteiger partial charge in [-0.1, -0.05) is 11.6 Å². The second-order valence-corrected chi connectivity index (χ2v) is 8.59. The monoisotopic (exact) mass is 440 g/mol. The standard InChI is InChI=1S/C18H22BrClN4O2/c1-11-21-15-10-13(19)14(20)9-12(15)16(22-11)23-5-7-24(8-6-23)17(25)26-18(2,3)4/h9-10H,5-8H2,1-4H3. The average Bonchev–Trinajstić information content (AvgIpc) is 2.54. The van der Waals surface area contributed by atoms with E-state index in [9.17, 15) is 4.79 Å². The van der Waals surface area contributed by atoms with E-state index in [-0.39, 0.29) is 6.09 Å². The lowest BCUT2D eigenvalue weighted by molar-refractivity contribution is 0.0240. The Balaban J connectivity index is 1.81. The molecule has 1 aliphatic rings. The van der Waals surface area contributed by atoms with Crippen LogP contribution >= 0.6 is 27.5 Å². The van der Waals surface area contributed by atoms with Crippen molar-refractivity contribution in [2.75, 3.05) is 31.1 Å². The van der Waals surface area contributed by atoms with Crippen molar-refractivity contribution in [3.8, 4) is 0 Å². The number of aromatic nitrogens is 2. The van der Waals surface area contributed by atoms with Crippen molar-refractivity contribution in [3.05, 3.63) is 27.5 Å². The maximum atomic E-state index is 12.2. The number of ether oxygens (including phenoxy) is 1. The molecular formula is C18H22BrClN4O2. The number of hydrogen-bond donors (Lipinski definition) is 0. The number of anilines is 1. The Morgan fingerprint density at radius 2 is 1.85 bits per heavy atom. The quantitative estimate of drug-likeness (QED) is 0.656. The molecule has 0 saturated carbocycles. The molecule has 0 atom stereocenters. The zero-order valence-corrected chi connectivity index (χ0v) is 17.7. The third-order valence-electron chi connectivity index (χ3n) is 4.06. The SMILES string of the molecule is Cc1nc(N2CCN(C(=O)OC(C)(C)C)CC2)c2cc(Cl)c(Br)cc2n1. The maximum absolute atomic E-state index is 12.2. The van der Waals surface area contributed by atoms with Gasteiger partial charge in [-0.25, -0.2) is 14.8 Å². The van der Waals surface area contributed by atoms with Crippen LogP contribution < -0.4 is 4.90 Å². The number of nitrogens with zero attached hydrogens (tertiary/aromatic N) is 4. The van der Waals surface area contributed by atoms with E-state index < -0.39 is 5.60 Å². The van der Waals surface area contributed by atoms with Gasteiger partial charge in [-0.05, 0) is 55.8 Å². The number of carbonyl (C=O) groups is 1.